The Kier molecular flexibility index (Phi) is 5.96. The average Bonchev–Trinajstić information content (AvgIpc) is 2.69. The highest BCUT2D eigenvalue weighted by Gasteiger charge is 2.32. The first kappa shape index (κ1) is 19.4. The molecular formula is C21H17FN2O3S. The molecule has 142 valence electrons. The minimum atomic E-state index is -0.566. The van der Waals surface area contributed by atoms with Crippen LogP contribution in [0.25, 0.3) is 6.08 Å². The van der Waals surface area contributed by atoms with Crippen LogP contribution >= 0.6 is 12.2 Å². The maximum Gasteiger partial charge on any atom is 0.265 e. The van der Waals surface area contributed by atoms with Crippen molar-refractivity contribution in [3.05, 3.63) is 83.7 Å². The van der Waals surface area contributed by atoms with Crippen molar-refractivity contribution in [1.29, 1.82) is 0 Å². The van der Waals surface area contributed by atoms with E-state index < -0.39 is 11.8 Å². The van der Waals surface area contributed by atoms with Gasteiger partial charge in [-0.25, -0.2) is 4.39 Å². The van der Waals surface area contributed by atoms with Crippen LogP contribution in [-0.2, 0) is 16.2 Å². The molecule has 2 aromatic rings. The predicted octanol–water partition coefficient (Wildman–Crippen LogP) is 3.22. The Bertz CT molecular complexity index is 970. The van der Waals surface area contributed by atoms with Crippen LogP contribution in [0.5, 0.6) is 5.75 Å². The fourth-order valence-electron chi connectivity index (χ4n) is 2.62. The van der Waals surface area contributed by atoms with E-state index in [0.717, 1.165) is 5.56 Å². The quantitative estimate of drug-likeness (QED) is 0.353. The largest absolute Gasteiger partial charge is 0.488 e. The van der Waals surface area contributed by atoms with Crippen molar-refractivity contribution in [3.8, 4) is 5.75 Å². The van der Waals surface area contributed by atoms with Crippen LogP contribution < -0.4 is 10.1 Å². The summed E-state index contributed by atoms with van der Waals surface area (Å²) >= 11 is 5.04. The van der Waals surface area contributed by atoms with Crippen molar-refractivity contribution in [1.82, 2.24) is 10.2 Å². The third-order valence-corrected chi connectivity index (χ3v) is 4.35. The molecule has 1 heterocycles. The van der Waals surface area contributed by atoms with Gasteiger partial charge in [0, 0.05) is 12.1 Å². The van der Waals surface area contributed by atoms with E-state index >= 15 is 0 Å². The number of nitrogens with one attached hydrogen (secondary N) is 1. The summed E-state index contributed by atoms with van der Waals surface area (Å²) < 4.78 is 18.8. The number of hydrogen-bond donors (Lipinski definition) is 1. The Morgan fingerprint density at radius 2 is 1.86 bits per heavy atom. The smallest absolute Gasteiger partial charge is 0.265 e. The van der Waals surface area contributed by atoms with Gasteiger partial charge in [-0.2, -0.15) is 0 Å². The highest BCUT2D eigenvalue weighted by molar-refractivity contribution is 7.80. The zero-order chi connectivity index (χ0) is 20.1. The van der Waals surface area contributed by atoms with Gasteiger partial charge < -0.3 is 4.74 Å². The first-order chi connectivity index (χ1) is 13.5. The molecule has 0 spiro atoms. The maximum atomic E-state index is 13.0. The van der Waals surface area contributed by atoms with E-state index in [9.17, 15) is 14.0 Å². The second-order valence-electron chi connectivity index (χ2n) is 5.97. The zero-order valence-electron chi connectivity index (χ0n) is 14.9. The Morgan fingerprint density at radius 3 is 2.57 bits per heavy atom. The number of carbonyl (C=O) groups is 2. The Morgan fingerprint density at radius 1 is 1.14 bits per heavy atom. The molecule has 1 aliphatic heterocycles. The van der Waals surface area contributed by atoms with E-state index in [2.05, 4.69) is 11.9 Å². The molecule has 0 atom stereocenters. The number of ether oxygens (including phenoxy) is 1. The third-order valence-electron chi connectivity index (χ3n) is 4.02. The summed E-state index contributed by atoms with van der Waals surface area (Å²) in [6, 6.07) is 13.0. The summed E-state index contributed by atoms with van der Waals surface area (Å²) in [5, 5.41) is 2.55. The lowest BCUT2D eigenvalue weighted by Crippen LogP contribution is -2.53. The molecule has 0 aromatic heterocycles. The Hall–Kier alpha value is -3.32. The minimum Gasteiger partial charge on any atom is -0.488 e. The van der Waals surface area contributed by atoms with Crippen LogP contribution in [-0.4, -0.2) is 28.4 Å². The van der Waals surface area contributed by atoms with Crippen molar-refractivity contribution in [2.45, 2.75) is 6.61 Å². The van der Waals surface area contributed by atoms with Crippen molar-refractivity contribution in [2.75, 3.05) is 6.54 Å². The summed E-state index contributed by atoms with van der Waals surface area (Å²) in [4.78, 5) is 26.2. The summed E-state index contributed by atoms with van der Waals surface area (Å²) in [5.74, 6) is -0.897. The van der Waals surface area contributed by atoms with E-state index in [4.69, 9.17) is 17.0 Å². The van der Waals surface area contributed by atoms with Crippen LogP contribution in [0, 0.1) is 5.82 Å². The lowest BCUT2D eigenvalue weighted by Gasteiger charge is -2.27. The van der Waals surface area contributed by atoms with Crippen molar-refractivity contribution in [3.63, 3.8) is 0 Å². The molecular weight excluding hydrogens is 379 g/mol. The molecule has 7 heteroatoms. The number of halogens is 1. The zero-order valence-corrected chi connectivity index (χ0v) is 15.7. The van der Waals surface area contributed by atoms with Crippen LogP contribution in [0.15, 0.2) is 66.8 Å². The lowest BCUT2D eigenvalue weighted by molar-refractivity contribution is -0.128. The molecule has 2 aromatic carbocycles. The van der Waals surface area contributed by atoms with Gasteiger partial charge in [0.25, 0.3) is 11.8 Å². The highest BCUT2D eigenvalue weighted by atomic mass is 32.1. The third kappa shape index (κ3) is 4.32. The molecule has 3 rings (SSSR count). The predicted molar refractivity (Wildman–Crippen MR) is 108 cm³/mol. The van der Waals surface area contributed by atoms with Gasteiger partial charge >= 0.3 is 0 Å². The summed E-state index contributed by atoms with van der Waals surface area (Å²) in [7, 11) is 0. The second-order valence-corrected chi connectivity index (χ2v) is 6.36. The standard InChI is InChI=1S/C21H17FN2O3S/c1-2-11-24-20(26)17(19(25)23-21(24)28)12-15-5-3-4-6-18(15)27-13-14-7-9-16(22)10-8-14/h2-10,12H,1,11,13H2,(H,23,25,28)/b17-12+. The Labute approximate surface area is 167 Å². The van der Waals surface area contributed by atoms with Gasteiger partial charge in [-0.1, -0.05) is 36.4 Å². The number of hydrogen-bond acceptors (Lipinski definition) is 4. The van der Waals surface area contributed by atoms with Crippen molar-refractivity contribution in [2.24, 2.45) is 0 Å². The van der Waals surface area contributed by atoms with Gasteiger partial charge in [0.05, 0.1) is 0 Å². The SMILES string of the molecule is C=CCN1C(=O)/C(=C/c2ccccc2OCc2ccc(F)cc2)C(=O)NC1=S. The summed E-state index contributed by atoms with van der Waals surface area (Å²) in [6.07, 6.45) is 2.99. The number of benzene rings is 2. The molecule has 1 N–H and O–H groups in total. The van der Waals surface area contributed by atoms with E-state index in [0.29, 0.717) is 11.3 Å². The van der Waals surface area contributed by atoms with Crippen LogP contribution in [0.1, 0.15) is 11.1 Å². The maximum absolute atomic E-state index is 13.0. The molecule has 1 aliphatic rings. The monoisotopic (exact) mass is 396 g/mol. The van der Waals surface area contributed by atoms with Gasteiger partial charge in [0.1, 0.15) is 23.7 Å². The number of para-hydroxylation sites is 1. The molecule has 28 heavy (non-hydrogen) atoms. The molecule has 1 fully saturated rings. The summed E-state index contributed by atoms with van der Waals surface area (Å²) in [6.45, 7) is 4.00. The number of nitrogens with zero attached hydrogens (tertiary/aromatic N) is 1. The van der Waals surface area contributed by atoms with Gasteiger partial charge in [0.15, 0.2) is 5.11 Å². The fraction of sp³-hybridized carbons (Fsp3) is 0.0952. The number of amides is 2. The molecule has 5 nitrogen and oxygen atoms in total. The molecule has 1 saturated heterocycles. The molecule has 2 amide bonds. The minimum absolute atomic E-state index is 0.0479. The number of carbonyl (C=O) groups excluding carboxylic acids is 2. The van der Waals surface area contributed by atoms with Crippen LogP contribution in [0.2, 0.25) is 0 Å². The molecule has 0 saturated carbocycles. The lowest BCUT2D eigenvalue weighted by atomic mass is 10.1. The normalized spacial score (nSPS) is 15.5. The molecule has 0 bridgehead atoms. The number of rotatable bonds is 6. The van der Waals surface area contributed by atoms with Crippen LogP contribution in [0.3, 0.4) is 0 Å². The first-order valence-corrected chi connectivity index (χ1v) is 8.86. The Balaban J connectivity index is 1.86. The highest BCUT2D eigenvalue weighted by Crippen LogP contribution is 2.24. The van der Waals surface area contributed by atoms with E-state index in [1.54, 1.807) is 36.4 Å². The van der Waals surface area contributed by atoms with E-state index in [1.165, 1.54) is 29.2 Å². The van der Waals surface area contributed by atoms with Crippen molar-refractivity contribution < 1.29 is 18.7 Å². The van der Waals surface area contributed by atoms with Gasteiger partial charge in [-0.3, -0.25) is 19.8 Å². The molecule has 0 aliphatic carbocycles. The molecule has 0 unspecified atom stereocenters. The number of thiocarbonyl (C=S) groups is 1. The fourth-order valence-corrected chi connectivity index (χ4v) is 2.87. The van der Waals surface area contributed by atoms with Gasteiger partial charge in [-0.15, -0.1) is 6.58 Å². The van der Waals surface area contributed by atoms with Gasteiger partial charge in [0.2, 0.25) is 0 Å². The van der Waals surface area contributed by atoms with Gasteiger partial charge in [-0.05, 0) is 42.1 Å². The topological polar surface area (TPSA) is 58.6 Å². The second kappa shape index (κ2) is 8.58. The van der Waals surface area contributed by atoms with Crippen molar-refractivity contribution >= 4 is 35.2 Å². The van der Waals surface area contributed by atoms with E-state index in [1.807, 2.05) is 0 Å². The summed E-state index contributed by atoms with van der Waals surface area (Å²) in [5.41, 5.74) is 1.31. The van der Waals surface area contributed by atoms with E-state index in [-0.39, 0.29) is 29.7 Å². The molecule has 0 radical (unpaired) electrons. The van der Waals surface area contributed by atoms with Crippen LogP contribution in [0.4, 0.5) is 4.39 Å². The first-order valence-electron chi connectivity index (χ1n) is 8.45. The average molecular weight is 396 g/mol.